The molecular weight excluding hydrogens is 886 g/mol. The van der Waals surface area contributed by atoms with E-state index in [1.165, 1.54) is 218 Å². The Bertz CT molecular complexity index is 572. The van der Waals surface area contributed by atoms with E-state index in [2.05, 4.69) is 13.8 Å². The molecule has 0 fully saturated rings. The first-order chi connectivity index (χ1) is 23.5. The summed E-state index contributed by atoms with van der Waals surface area (Å²) in [5.74, 6) is -1.80. The van der Waals surface area contributed by atoms with Crippen LogP contribution in [-0.2, 0) is 9.59 Å². The summed E-state index contributed by atoms with van der Waals surface area (Å²) >= 11 is 0. The summed E-state index contributed by atoms with van der Waals surface area (Å²) in [7, 11) is 0. The van der Waals surface area contributed by atoms with Crippen LogP contribution < -0.4 is 10.2 Å². The van der Waals surface area contributed by atoms with Crippen LogP contribution in [0.1, 0.15) is 271 Å². The maximum atomic E-state index is 10.3. The summed E-state index contributed by atoms with van der Waals surface area (Å²) in [4.78, 5) is 20.5. The SMILES string of the molecule is CCCCCCCCCCCCCCCCCCCCCC(=O)[O-].CCCCCCCCCCCCCCCCCCCCCC(=O)[O-].I.I.[Ca+2]. The summed E-state index contributed by atoms with van der Waals surface area (Å²) in [6.45, 7) is 4.56. The molecule has 0 N–H and O–H groups in total. The second kappa shape index (κ2) is 58.4. The summed E-state index contributed by atoms with van der Waals surface area (Å²) in [6, 6.07) is 0. The molecular formula is C44H88CaI2O4. The molecule has 0 unspecified atom stereocenters. The van der Waals surface area contributed by atoms with Gasteiger partial charge in [-0.1, -0.05) is 245 Å². The Kier molecular flexibility index (Phi) is 70.8. The molecule has 4 nitrogen and oxygen atoms in total. The maximum Gasteiger partial charge on any atom is 2.00 e. The van der Waals surface area contributed by atoms with Gasteiger partial charge < -0.3 is 19.8 Å². The average molecular weight is 975 g/mol. The molecule has 0 radical (unpaired) electrons. The maximum absolute atomic E-state index is 10.3. The van der Waals surface area contributed by atoms with E-state index >= 15 is 0 Å². The smallest absolute Gasteiger partial charge is 0.550 e. The van der Waals surface area contributed by atoms with Crippen molar-refractivity contribution >= 4 is 97.6 Å². The van der Waals surface area contributed by atoms with Gasteiger partial charge in [0, 0.05) is 11.9 Å². The fourth-order valence-electron chi connectivity index (χ4n) is 6.70. The standard InChI is InChI=1S/2C22H44O2.Ca.2HI/c2*1-2-3-4-5-6-7-8-9-10-11-12-13-14-15-16-17-18-19-20-21-22(23)24;;;/h2*2-21H2,1H3,(H,23,24);;2*1H/q;;+2;;/p-2. The van der Waals surface area contributed by atoms with Gasteiger partial charge in [0.25, 0.3) is 0 Å². The van der Waals surface area contributed by atoms with Gasteiger partial charge >= 0.3 is 37.7 Å². The molecule has 0 aromatic rings. The molecule has 0 saturated heterocycles. The molecule has 7 heteroatoms. The minimum absolute atomic E-state index is 0. The molecule has 0 aliphatic heterocycles. The number of halogens is 2. The summed E-state index contributed by atoms with van der Waals surface area (Å²) in [6.07, 6.45) is 51.5. The normalized spacial score (nSPS) is 10.4. The number of carbonyl (C=O) groups is 2. The molecule has 51 heavy (non-hydrogen) atoms. The predicted molar refractivity (Wildman–Crippen MR) is 243 cm³/mol. The topological polar surface area (TPSA) is 80.3 Å². The van der Waals surface area contributed by atoms with Gasteiger partial charge in [-0.05, 0) is 25.7 Å². The van der Waals surface area contributed by atoms with Gasteiger partial charge in [0.15, 0.2) is 0 Å². The van der Waals surface area contributed by atoms with Gasteiger partial charge in [-0.25, -0.2) is 0 Å². The monoisotopic (exact) mass is 974 g/mol. The number of carboxylic acid groups (broad SMARTS) is 2. The number of carboxylic acids is 2. The van der Waals surface area contributed by atoms with Crippen LogP contribution in [0.15, 0.2) is 0 Å². The third-order valence-corrected chi connectivity index (χ3v) is 9.97. The van der Waals surface area contributed by atoms with Crippen molar-refractivity contribution in [3.05, 3.63) is 0 Å². The van der Waals surface area contributed by atoms with E-state index in [0.717, 1.165) is 25.7 Å². The van der Waals surface area contributed by atoms with Crippen LogP contribution >= 0.6 is 48.0 Å². The quantitative estimate of drug-likeness (QED) is 0.0348. The zero-order valence-electron chi connectivity index (χ0n) is 34.4. The van der Waals surface area contributed by atoms with Gasteiger partial charge in [0.2, 0.25) is 0 Å². The summed E-state index contributed by atoms with van der Waals surface area (Å²) < 4.78 is 0. The van der Waals surface area contributed by atoms with E-state index in [0.29, 0.717) is 0 Å². The molecule has 0 bridgehead atoms. The van der Waals surface area contributed by atoms with Gasteiger partial charge in [-0.15, -0.1) is 48.0 Å². The fourth-order valence-corrected chi connectivity index (χ4v) is 6.70. The van der Waals surface area contributed by atoms with E-state index in [1.807, 2.05) is 0 Å². The van der Waals surface area contributed by atoms with E-state index in [9.17, 15) is 19.8 Å². The number of hydrogen-bond donors (Lipinski definition) is 0. The molecule has 0 rings (SSSR count). The molecule has 304 valence electrons. The van der Waals surface area contributed by atoms with Crippen molar-refractivity contribution in [2.45, 2.75) is 271 Å². The molecule has 0 aliphatic rings. The van der Waals surface area contributed by atoms with Crippen LogP contribution in [0.4, 0.5) is 0 Å². The van der Waals surface area contributed by atoms with Gasteiger partial charge in [-0.2, -0.15) is 0 Å². The molecule has 0 spiro atoms. The van der Waals surface area contributed by atoms with E-state index in [-0.39, 0.29) is 98.5 Å². The second-order valence-electron chi connectivity index (χ2n) is 15.0. The van der Waals surface area contributed by atoms with Crippen molar-refractivity contribution in [1.82, 2.24) is 0 Å². The third-order valence-electron chi connectivity index (χ3n) is 9.97. The predicted octanol–water partition coefficient (Wildman–Crippen LogP) is 14.0. The number of hydrogen-bond acceptors (Lipinski definition) is 4. The Balaban J connectivity index is -0.000000261. The summed E-state index contributed by atoms with van der Waals surface area (Å²) in [5, 5.41) is 20.5. The van der Waals surface area contributed by atoms with Crippen LogP contribution in [0.3, 0.4) is 0 Å². The Morgan fingerprint density at radius 2 is 0.392 bits per heavy atom. The fraction of sp³-hybridized carbons (Fsp3) is 0.955. The minimum Gasteiger partial charge on any atom is -0.550 e. The van der Waals surface area contributed by atoms with E-state index in [4.69, 9.17) is 0 Å². The van der Waals surface area contributed by atoms with Crippen LogP contribution in [0.25, 0.3) is 0 Å². The molecule has 0 atom stereocenters. The molecule has 0 saturated carbocycles. The zero-order chi connectivity index (χ0) is 35.4. The number of rotatable bonds is 40. The second-order valence-corrected chi connectivity index (χ2v) is 15.0. The molecule has 0 heterocycles. The Labute approximate surface area is 384 Å². The van der Waals surface area contributed by atoms with Crippen LogP contribution in [0, 0.1) is 0 Å². The third kappa shape index (κ3) is 66.8. The van der Waals surface area contributed by atoms with Crippen molar-refractivity contribution in [3.63, 3.8) is 0 Å². The molecule has 0 aromatic heterocycles. The van der Waals surface area contributed by atoms with Gasteiger partial charge in [-0.3, -0.25) is 0 Å². The molecule has 0 aliphatic carbocycles. The van der Waals surface area contributed by atoms with Crippen LogP contribution in [0.2, 0.25) is 0 Å². The Morgan fingerprint density at radius 1 is 0.275 bits per heavy atom. The first-order valence-electron chi connectivity index (χ1n) is 21.9. The van der Waals surface area contributed by atoms with E-state index in [1.54, 1.807) is 0 Å². The van der Waals surface area contributed by atoms with Crippen LogP contribution in [-0.4, -0.2) is 49.7 Å². The van der Waals surface area contributed by atoms with Gasteiger partial charge in [0.1, 0.15) is 0 Å². The van der Waals surface area contributed by atoms with Crippen LogP contribution in [0.5, 0.6) is 0 Å². The number of unbranched alkanes of at least 4 members (excludes halogenated alkanes) is 36. The molecule has 0 amide bonds. The largest absolute Gasteiger partial charge is 2.00 e. The average Bonchev–Trinajstić information content (AvgIpc) is 3.07. The zero-order valence-corrected chi connectivity index (χ0v) is 41.3. The van der Waals surface area contributed by atoms with E-state index < -0.39 is 11.9 Å². The van der Waals surface area contributed by atoms with Gasteiger partial charge in [0.05, 0.1) is 0 Å². The Hall–Kier alpha value is 1.66. The molecule has 0 aromatic carbocycles. The van der Waals surface area contributed by atoms with Crippen molar-refractivity contribution < 1.29 is 19.8 Å². The van der Waals surface area contributed by atoms with Crippen molar-refractivity contribution in [2.24, 2.45) is 0 Å². The Morgan fingerprint density at radius 3 is 0.510 bits per heavy atom. The first-order valence-corrected chi connectivity index (χ1v) is 21.9. The number of aliphatic carboxylic acids is 2. The van der Waals surface area contributed by atoms with Crippen molar-refractivity contribution in [1.29, 1.82) is 0 Å². The van der Waals surface area contributed by atoms with Crippen molar-refractivity contribution in [3.8, 4) is 0 Å². The minimum atomic E-state index is -0.901. The first kappa shape index (κ1) is 61.9. The number of carbonyl (C=O) groups excluding carboxylic acids is 2. The van der Waals surface area contributed by atoms with Crippen molar-refractivity contribution in [2.75, 3.05) is 0 Å². The summed E-state index contributed by atoms with van der Waals surface area (Å²) in [5.41, 5.74) is 0.